The summed E-state index contributed by atoms with van der Waals surface area (Å²) in [5.74, 6) is -0.309. The molecule has 0 fully saturated rings. The van der Waals surface area contributed by atoms with Gasteiger partial charge in [0.2, 0.25) is 0 Å². The van der Waals surface area contributed by atoms with E-state index in [1.54, 1.807) is 6.07 Å². The molecule has 1 nitrogen and oxygen atoms in total. The molecule has 0 aromatic heterocycles. The van der Waals surface area contributed by atoms with Gasteiger partial charge in [-0.2, -0.15) is 0 Å². The number of nitrogens with one attached hydrogen (secondary N) is 1. The number of hydrogen-bond acceptors (Lipinski definition) is 1. The molecule has 1 N–H and O–H groups in total. The van der Waals surface area contributed by atoms with Crippen LogP contribution in [0.25, 0.3) is 0 Å². The molecular formula is C12H15ClFN. The van der Waals surface area contributed by atoms with Crippen LogP contribution in [-0.4, -0.2) is 7.05 Å². The van der Waals surface area contributed by atoms with Gasteiger partial charge in [0.25, 0.3) is 0 Å². The molecule has 1 atom stereocenters. The number of allylic oxidation sites excluding steroid dienone is 1. The van der Waals surface area contributed by atoms with Crippen molar-refractivity contribution in [2.75, 3.05) is 7.05 Å². The van der Waals surface area contributed by atoms with Gasteiger partial charge >= 0.3 is 0 Å². The minimum Gasteiger partial charge on any atom is -0.310 e. The molecule has 1 aromatic rings. The second-order valence-corrected chi connectivity index (χ2v) is 4.08. The lowest BCUT2D eigenvalue weighted by atomic mass is 10.0. The molecule has 0 heterocycles. The Morgan fingerprint density at radius 1 is 1.47 bits per heavy atom. The van der Waals surface area contributed by atoms with Gasteiger partial charge in [-0.15, -0.1) is 0 Å². The predicted molar refractivity (Wildman–Crippen MR) is 62.6 cm³/mol. The molecule has 1 rings (SSSR count). The first-order chi connectivity index (χ1) is 7.04. The van der Waals surface area contributed by atoms with E-state index < -0.39 is 0 Å². The van der Waals surface area contributed by atoms with Gasteiger partial charge in [-0.1, -0.05) is 29.3 Å². The largest absolute Gasteiger partial charge is 0.310 e. The van der Waals surface area contributed by atoms with E-state index in [0.717, 1.165) is 5.56 Å². The Hall–Kier alpha value is -0.860. The van der Waals surface area contributed by atoms with Gasteiger partial charge in [-0.05, 0) is 38.6 Å². The lowest BCUT2D eigenvalue weighted by Crippen LogP contribution is -2.14. The Labute approximate surface area is 95.0 Å². The van der Waals surface area contributed by atoms with Crippen molar-refractivity contribution in [2.45, 2.75) is 19.9 Å². The third kappa shape index (κ3) is 3.33. The lowest BCUT2D eigenvalue weighted by molar-refractivity contribution is 0.624. The molecule has 0 saturated carbocycles. The molecule has 0 amide bonds. The summed E-state index contributed by atoms with van der Waals surface area (Å²) in [6.07, 6.45) is 2.05. The third-order valence-corrected chi connectivity index (χ3v) is 2.44. The van der Waals surface area contributed by atoms with Crippen LogP contribution in [0.4, 0.5) is 4.39 Å². The van der Waals surface area contributed by atoms with Crippen molar-refractivity contribution < 1.29 is 4.39 Å². The molecule has 0 bridgehead atoms. The highest BCUT2D eigenvalue weighted by atomic mass is 35.5. The van der Waals surface area contributed by atoms with Crippen molar-refractivity contribution in [2.24, 2.45) is 0 Å². The summed E-state index contributed by atoms with van der Waals surface area (Å²) in [7, 11) is 1.85. The number of hydrogen-bond donors (Lipinski definition) is 1. The molecule has 1 unspecified atom stereocenters. The van der Waals surface area contributed by atoms with Crippen LogP contribution < -0.4 is 5.32 Å². The fourth-order valence-electron chi connectivity index (χ4n) is 1.42. The molecule has 0 aliphatic rings. The normalized spacial score (nSPS) is 12.3. The first-order valence-corrected chi connectivity index (χ1v) is 5.19. The second kappa shape index (κ2) is 5.29. The minimum absolute atomic E-state index is 0.0306. The van der Waals surface area contributed by atoms with E-state index in [4.69, 9.17) is 11.6 Å². The summed E-state index contributed by atoms with van der Waals surface area (Å²) in [5.41, 5.74) is 2.08. The molecule has 0 aliphatic carbocycles. The Bertz CT molecular complexity index is 370. The first-order valence-electron chi connectivity index (χ1n) is 4.82. The Morgan fingerprint density at radius 3 is 2.60 bits per heavy atom. The molecule has 3 heteroatoms. The molecule has 0 saturated heterocycles. The highest BCUT2D eigenvalue weighted by Gasteiger charge is 2.10. The smallest absolute Gasteiger partial charge is 0.124 e. The SMILES string of the molecule is CNC(C=C(C)C)c1ccc(F)cc1Cl. The van der Waals surface area contributed by atoms with E-state index in [2.05, 4.69) is 11.4 Å². The minimum atomic E-state index is -0.309. The van der Waals surface area contributed by atoms with E-state index in [0.29, 0.717) is 5.02 Å². The molecule has 15 heavy (non-hydrogen) atoms. The lowest BCUT2D eigenvalue weighted by Gasteiger charge is -2.14. The Kier molecular flexibility index (Phi) is 4.30. The van der Waals surface area contributed by atoms with Crippen molar-refractivity contribution in [1.29, 1.82) is 0 Å². The predicted octanol–water partition coefficient (Wildman–Crippen LogP) is 3.71. The van der Waals surface area contributed by atoms with Crippen LogP contribution in [0.3, 0.4) is 0 Å². The summed E-state index contributed by atoms with van der Waals surface area (Å²) < 4.78 is 12.9. The molecule has 0 spiro atoms. The molecular weight excluding hydrogens is 213 g/mol. The fourth-order valence-corrected chi connectivity index (χ4v) is 1.70. The zero-order valence-electron chi connectivity index (χ0n) is 9.14. The molecule has 0 radical (unpaired) electrons. The summed E-state index contributed by atoms with van der Waals surface area (Å²) in [5, 5.41) is 3.58. The van der Waals surface area contributed by atoms with Gasteiger partial charge in [-0.25, -0.2) is 4.39 Å². The molecule has 82 valence electrons. The summed E-state index contributed by atoms with van der Waals surface area (Å²) in [4.78, 5) is 0. The van der Waals surface area contributed by atoms with Gasteiger partial charge in [-0.3, -0.25) is 0 Å². The number of likely N-dealkylation sites (N-methyl/N-ethyl adjacent to an activating group) is 1. The first kappa shape index (κ1) is 12.2. The van der Waals surface area contributed by atoms with Crippen LogP contribution in [-0.2, 0) is 0 Å². The quantitative estimate of drug-likeness (QED) is 0.777. The van der Waals surface area contributed by atoms with E-state index >= 15 is 0 Å². The third-order valence-electron chi connectivity index (χ3n) is 2.11. The van der Waals surface area contributed by atoms with E-state index in [-0.39, 0.29) is 11.9 Å². The average molecular weight is 228 g/mol. The fraction of sp³-hybridized carbons (Fsp3) is 0.333. The van der Waals surface area contributed by atoms with Crippen LogP contribution in [0.2, 0.25) is 5.02 Å². The molecule has 1 aromatic carbocycles. The van der Waals surface area contributed by atoms with Crippen LogP contribution in [0.1, 0.15) is 25.5 Å². The van der Waals surface area contributed by atoms with E-state index in [1.165, 1.54) is 17.7 Å². The van der Waals surface area contributed by atoms with Crippen molar-refractivity contribution in [3.05, 3.63) is 46.3 Å². The topological polar surface area (TPSA) is 12.0 Å². The Morgan fingerprint density at radius 2 is 2.13 bits per heavy atom. The second-order valence-electron chi connectivity index (χ2n) is 3.68. The van der Waals surface area contributed by atoms with Crippen molar-refractivity contribution in [1.82, 2.24) is 5.32 Å². The van der Waals surface area contributed by atoms with Gasteiger partial charge in [0.1, 0.15) is 5.82 Å². The zero-order chi connectivity index (χ0) is 11.4. The van der Waals surface area contributed by atoms with Gasteiger partial charge in [0.05, 0.1) is 6.04 Å². The van der Waals surface area contributed by atoms with Crippen LogP contribution in [0, 0.1) is 5.82 Å². The number of benzene rings is 1. The summed E-state index contributed by atoms with van der Waals surface area (Å²) in [6, 6.07) is 4.49. The number of halogens is 2. The van der Waals surface area contributed by atoms with E-state index in [9.17, 15) is 4.39 Å². The highest BCUT2D eigenvalue weighted by Crippen LogP contribution is 2.25. The van der Waals surface area contributed by atoms with Crippen molar-refractivity contribution >= 4 is 11.6 Å². The van der Waals surface area contributed by atoms with Crippen molar-refractivity contribution in [3.63, 3.8) is 0 Å². The number of rotatable bonds is 3. The molecule has 0 aliphatic heterocycles. The monoisotopic (exact) mass is 227 g/mol. The van der Waals surface area contributed by atoms with Gasteiger partial charge < -0.3 is 5.32 Å². The van der Waals surface area contributed by atoms with E-state index in [1.807, 2.05) is 20.9 Å². The van der Waals surface area contributed by atoms with Gasteiger partial charge in [0.15, 0.2) is 0 Å². The zero-order valence-corrected chi connectivity index (χ0v) is 9.90. The summed E-state index contributed by atoms with van der Waals surface area (Å²) >= 11 is 5.98. The van der Waals surface area contributed by atoms with Crippen LogP contribution in [0.5, 0.6) is 0 Å². The van der Waals surface area contributed by atoms with Gasteiger partial charge in [0, 0.05) is 5.02 Å². The standard InChI is InChI=1S/C12H15ClFN/c1-8(2)6-12(15-3)10-5-4-9(14)7-11(10)13/h4-7,12,15H,1-3H3. The highest BCUT2D eigenvalue weighted by molar-refractivity contribution is 6.31. The maximum absolute atomic E-state index is 12.9. The van der Waals surface area contributed by atoms with Crippen molar-refractivity contribution in [3.8, 4) is 0 Å². The Balaban J connectivity index is 3.07. The summed E-state index contributed by atoms with van der Waals surface area (Å²) in [6.45, 7) is 4.03. The average Bonchev–Trinajstić information content (AvgIpc) is 2.14. The maximum atomic E-state index is 12.9. The van der Waals surface area contributed by atoms with Crippen LogP contribution >= 0.6 is 11.6 Å². The maximum Gasteiger partial charge on any atom is 0.124 e. The van der Waals surface area contributed by atoms with Crippen LogP contribution in [0.15, 0.2) is 29.8 Å².